The largest absolute Gasteiger partial charge is 0.389 e. The summed E-state index contributed by atoms with van der Waals surface area (Å²) >= 11 is 0. The summed E-state index contributed by atoms with van der Waals surface area (Å²) in [7, 11) is 0. The number of aliphatic hydroxyl groups is 1. The van der Waals surface area contributed by atoms with Crippen LogP contribution in [0.5, 0.6) is 0 Å². The lowest BCUT2D eigenvalue weighted by atomic mass is 9.96. The standard InChI is InChI=1S/C16H25N3O3/c1-3-16(20,4-2)13-17-9-11-18(12-10-17)14-5-7-15(8-6-14)19(21)22/h5-8,20H,3-4,9-13H2,1-2H3. The fourth-order valence-electron chi connectivity index (χ4n) is 2.84. The number of non-ortho nitro benzene ring substituents is 1. The van der Waals surface area contributed by atoms with E-state index in [4.69, 9.17) is 0 Å². The Morgan fingerprint density at radius 2 is 1.68 bits per heavy atom. The van der Waals surface area contributed by atoms with Crippen LogP contribution in [0.1, 0.15) is 26.7 Å². The summed E-state index contributed by atoms with van der Waals surface area (Å²) in [5, 5.41) is 21.1. The molecular formula is C16H25N3O3. The Kier molecular flexibility index (Phi) is 5.37. The maximum atomic E-state index is 10.7. The molecule has 0 unspecified atom stereocenters. The molecule has 6 nitrogen and oxygen atoms in total. The summed E-state index contributed by atoms with van der Waals surface area (Å²) in [5.74, 6) is 0. The van der Waals surface area contributed by atoms with Gasteiger partial charge >= 0.3 is 0 Å². The van der Waals surface area contributed by atoms with Gasteiger partial charge in [-0.15, -0.1) is 0 Å². The first kappa shape index (κ1) is 16.7. The SMILES string of the molecule is CCC(O)(CC)CN1CCN(c2ccc([N+](=O)[O-])cc2)CC1. The van der Waals surface area contributed by atoms with Crippen molar-refractivity contribution in [1.82, 2.24) is 4.90 Å². The zero-order chi connectivity index (χ0) is 16.2. The molecule has 0 aromatic heterocycles. The van der Waals surface area contributed by atoms with Crippen molar-refractivity contribution in [3.8, 4) is 0 Å². The van der Waals surface area contributed by atoms with Gasteiger partial charge in [0.25, 0.3) is 5.69 Å². The van der Waals surface area contributed by atoms with E-state index in [0.717, 1.165) is 44.7 Å². The molecule has 0 spiro atoms. The third-order valence-electron chi connectivity index (χ3n) is 4.63. The highest BCUT2D eigenvalue weighted by atomic mass is 16.6. The van der Waals surface area contributed by atoms with Crippen molar-refractivity contribution in [2.75, 3.05) is 37.6 Å². The Morgan fingerprint density at radius 1 is 1.14 bits per heavy atom. The number of rotatable bonds is 6. The van der Waals surface area contributed by atoms with Crippen LogP contribution >= 0.6 is 0 Å². The molecule has 1 N–H and O–H groups in total. The van der Waals surface area contributed by atoms with Crippen LogP contribution in [0.25, 0.3) is 0 Å². The van der Waals surface area contributed by atoms with E-state index in [1.165, 1.54) is 0 Å². The third kappa shape index (κ3) is 3.96. The molecule has 1 aromatic rings. The Labute approximate surface area is 131 Å². The number of benzene rings is 1. The van der Waals surface area contributed by atoms with E-state index < -0.39 is 5.60 Å². The van der Waals surface area contributed by atoms with Crippen LogP contribution in [-0.2, 0) is 0 Å². The monoisotopic (exact) mass is 307 g/mol. The molecule has 0 radical (unpaired) electrons. The summed E-state index contributed by atoms with van der Waals surface area (Å²) in [4.78, 5) is 14.8. The quantitative estimate of drug-likeness (QED) is 0.645. The molecule has 122 valence electrons. The fourth-order valence-corrected chi connectivity index (χ4v) is 2.84. The number of anilines is 1. The summed E-state index contributed by atoms with van der Waals surface area (Å²) in [6.45, 7) is 8.32. The van der Waals surface area contributed by atoms with Crippen LogP contribution in [0.4, 0.5) is 11.4 Å². The molecule has 6 heteroatoms. The molecule has 1 aliphatic rings. The highest BCUT2D eigenvalue weighted by molar-refractivity contribution is 5.51. The van der Waals surface area contributed by atoms with E-state index in [1.807, 2.05) is 26.0 Å². The van der Waals surface area contributed by atoms with Gasteiger partial charge in [-0.2, -0.15) is 0 Å². The average molecular weight is 307 g/mol. The van der Waals surface area contributed by atoms with Gasteiger partial charge in [-0.1, -0.05) is 13.8 Å². The van der Waals surface area contributed by atoms with Crippen LogP contribution in [0.2, 0.25) is 0 Å². The molecule has 0 atom stereocenters. The van der Waals surface area contributed by atoms with Gasteiger partial charge in [0.05, 0.1) is 10.5 Å². The van der Waals surface area contributed by atoms with Crippen molar-refractivity contribution >= 4 is 11.4 Å². The van der Waals surface area contributed by atoms with Gasteiger partial charge in [0.2, 0.25) is 0 Å². The van der Waals surface area contributed by atoms with Gasteiger partial charge in [0, 0.05) is 50.5 Å². The van der Waals surface area contributed by atoms with Crippen molar-refractivity contribution < 1.29 is 10.0 Å². The molecule has 1 aliphatic heterocycles. The Bertz CT molecular complexity index is 492. The van der Waals surface area contributed by atoms with Gasteiger partial charge in [0.1, 0.15) is 0 Å². The van der Waals surface area contributed by atoms with Crippen LogP contribution in [0.3, 0.4) is 0 Å². The summed E-state index contributed by atoms with van der Waals surface area (Å²) in [6.07, 6.45) is 1.54. The fraction of sp³-hybridized carbons (Fsp3) is 0.625. The van der Waals surface area contributed by atoms with E-state index in [0.29, 0.717) is 6.54 Å². The third-order valence-corrected chi connectivity index (χ3v) is 4.63. The van der Waals surface area contributed by atoms with E-state index in [-0.39, 0.29) is 10.6 Å². The predicted molar refractivity (Wildman–Crippen MR) is 87.3 cm³/mol. The zero-order valence-electron chi connectivity index (χ0n) is 13.4. The lowest BCUT2D eigenvalue weighted by Gasteiger charge is -2.39. The van der Waals surface area contributed by atoms with Crippen molar-refractivity contribution in [2.24, 2.45) is 0 Å². The highest BCUT2D eigenvalue weighted by Crippen LogP contribution is 2.22. The second-order valence-electron chi connectivity index (χ2n) is 5.97. The van der Waals surface area contributed by atoms with Gasteiger partial charge < -0.3 is 10.0 Å². The van der Waals surface area contributed by atoms with E-state index in [9.17, 15) is 15.2 Å². The van der Waals surface area contributed by atoms with Crippen molar-refractivity contribution in [1.29, 1.82) is 0 Å². The van der Waals surface area contributed by atoms with E-state index in [2.05, 4.69) is 9.80 Å². The van der Waals surface area contributed by atoms with Crippen molar-refractivity contribution in [2.45, 2.75) is 32.3 Å². The van der Waals surface area contributed by atoms with E-state index >= 15 is 0 Å². The number of nitro benzene ring substituents is 1. The lowest BCUT2D eigenvalue weighted by molar-refractivity contribution is -0.384. The van der Waals surface area contributed by atoms with Gasteiger partial charge in [-0.05, 0) is 25.0 Å². The number of nitrogens with zero attached hydrogens (tertiary/aromatic N) is 3. The second kappa shape index (κ2) is 7.07. The minimum absolute atomic E-state index is 0.123. The molecular weight excluding hydrogens is 282 g/mol. The highest BCUT2D eigenvalue weighted by Gasteiger charge is 2.27. The smallest absolute Gasteiger partial charge is 0.269 e. The van der Waals surface area contributed by atoms with Gasteiger partial charge in [-0.25, -0.2) is 0 Å². The summed E-state index contributed by atoms with van der Waals surface area (Å²) in [6, 6.07) is 6.72. The molecule has 1 saturated heterocycles. The summed E-state index contributed by atoms with van der Waals surface area (Å²) in [5.41, 5.74) is 0.556. The Hall–Kier alpha value is -1.66. The van der Waals surface area contributed by atoms with Crippen LogP contribution in [0.15, 0.2) is 24.3 Å². The minimum Gasteiger partial charge on any atom is -0.389 e. The molecule has 0 amide bonds. The minimum atomic E-state index is -0.588. The average Bonchev–Trinajstić information content (AvgIpc) is 2.55. The number of hydrogen-bond acceptors (Lipinski definition) is 5. The zero-order valence-corrected chi connectivity index (χ0v) is 13.4. The molecule has 1 heterocycles. The van der Waals surface area contributed by atoms with E-state index in [1.54, 1.807) is 12.1 Å². The first-order chi connectivity index (χ1) is 10.5. The molecule has 1 aromatic carbocycles. The predicted octanol–water partition coefficient (Wildman–Crippen LogP) is 2.27. The molecule has 0 aliphatic carbocycles. The Balaban J connectivity index is 1.90. The maximum absolute atomic E-state index is 10.7. The molecule has 1 fully saturated rings. The second-order valence-corrected chi connectivity index (χ2v) is 5.97. The van der Waals surface area contributed by atoms with Gasteiger partial charge in [0.15, 0.2) is 0 Å². The molecule has 22 heavy (non-hydrogen) atoms. The summed E-state index contributed by atoms with van der Waals surface area (Å²) < 4.78 is 0. The van der Waals surface area contributed by atoms with Crippen LogP contribution in [-0.4, -0.2) is 53.3 Å². The first-order valence-corrected chi connectivity index (χ1v) is 7.91. The van der Waals surface area contributed by atoms with Crippen LogP contribution < -0.4 is 4.90 Å². The number of β-amino-alcohol motifs (C(OH)–C–C–N with tert-alkyl or cyclic N) is 1. The van der Waals surface area contributed by atoms with Crippen LogP contribution in [0, 0.1) is 10.1 Å². The van der Waals surface area contributed by atoms with Crippen molar-refractivity contribution in [3.63, 3.8) is 0 Å². The topological polar surface area (TPSA) is 69.8 Å². The number of piperazine rings is 1. The molecule has 2 rings (SSSR count). The molecule has 0 saturated carbocycles. The number of hydrogen-bond donors (Lipinski definition) is 1. The Morgan fingerprint density at radius 3 is 2.14 bits per heavy atom. The number of nitro groups is 1. The van der Waals surface area contributed by atoms with Gasteiger partial charge in [-0.3, -0.25) is 15.0 Å². The first-order valence-electron chi connectivity index (χ1n) is 7.91. The maximum Gasteiger partial charge on any atom is 0.269 e. The molecule has 0 bridgehead atoms. The normalized spacial score (nSPS) is 16.8. The van der Waals surface area contributed by atoms with Crippen molar-refractivity contribution in [3.05, 3.63) is 34.4 Å². The lowest BCUT2D eigenvalue weighted by Crippen LogP contribution is -2.51.